The minimum atomic E-state index is -3.63. The number of rotatable bonds is 8. The van der Waals surface area contributed by atoms with Crippen molar-refractivity contribution in [3.05, 3.63) is 53.9 Å². The molecule has 40 heavy (non-hydrogen) atoms. The van der Waals surface area contributed by atoms with Gasteiger partial charge in [-0.05, 0) is 76.9 Å². The number of aromatic nitrogens is 3. The van der Waals surface area contributed by atoms with Crippen LogP contribution >= 0.6 is 0 Å². The Morgan fingerprint density at radius 1 is 0.875 bits per heavy atom. The minimum Gasteiger partial charge on any atom is -0.356 e. The topological polar surface area (TPSA) is 107 Å². The Bertz CT molecular complexity index is 1430. The van der Waals surface area contributed by atoms with Crippen LogP contribution in [0.1, 0.15) is 43.4 Å². The molecule has 0 unspecified atom stereocenters. The number of hydrogen-bond acceptors (Lipinski definition) is 9. The smallest absolute Gasteiger partial charge is 0.244 e. The third kappa shape index (κ3) is 6.21. The van der Waals surface area contributed by atoms with Crippen molar-refractivity contribution in [2.24, 2.45) is 0 Å². The number of nitrogens with one attached hydrogen (secondary N) is 2. The molecule has 2 aliphatic rings. The number of benzene rings is 1. The van der Waals surface area contributed by atoms with Gasteiger partial charge in [-0.15, -0.1) is 0 Å². The van der Waals surface area contributed by atoms with Gasteiger partial charge in [0, 0.05) is 45.0 Å². The summed E-state index contributed by atoms with van der Waals surface area (Å²) in [4.78, 5) is 19.3. The Balaban J connectivity index is 1.27. The largest absolute Gasteiger partial charge is 0.356 e. The van der Waals surface area contributed by atoms with Crippen molar-refractivity contribution >= 4 is 39.0 Å². The first-order chi connectivity index (χ1) is 19.2. The first-order valence-electron chi connectivity index (χ1n) is 14.1. The molecule has 4 heterocycles. The zero-order valence-electron chi connectivity index (χ0n) is 23.9. The quantitative estimate of drug-likeness (QED) is 0.403. The zero-order valence-corrected chi connectivity index (χ0v) is 24.7. The molecule has 0 saturated carbocycles. The molecule has 2 N–H and O–H groups in total. The Kier molecular flexibility index (Phi) is 8.53. The number of hydrogen-bond donors (Lipinski definition) is 2. The van der Waals surface area contributed by atoms with Crippen molar-refractivity contribution < 1.29 is 8.42 Å². The van der Waals surface area contributed by atoms with Crippen LogP contribution in [0.2, 0.25) is 0 Å². The summed E-state index contributed by atoms with van der Waals surface area (Å²) in [6, 6.07) is 11.6. The van der Waals surface area contributed by atoms with Crippen molar-refractivity contribution in [3.8, 4) is 0 Å². The van der Waals surface area contributed by atoms with Gasteiger partial charge < -0.3 is 20.4 Å². The predicted octanol–water partition coefficient (Wildman–Crippen LogP) is 4.68. The summed E-state index contributed by atoms with van der Waals surface area (Å²) in [6.07, 6.45) is 8.13. The van der Waals surface area contributed by atoms with Gasteiger partial charge in [0.05, 0.1) is 17.1 Å². The molecule has 3 aromatic rings. The lowest BCUT2D eigenvalue weighted by Crippen LogP contribution is -2.46. The summed E-state index contributed by atoms with van der Waals surface area (Å²) in [5, 5.41) is 6.49. The summed E-state index contributed by atoms with van der Waals surface area (Å²) in [5.74, 6) is 1.93. The maximum absolute atomic E-state index is 12.8. The van der Waals surface area contributed by atoms with Gasteiger partial charge in [0.15, 0.2) is 0 Å². The standard InChI is InChI=1S/C29H40N8O2S/c1-21-20-30-29(34-28(21)32-25-10-6-7-11-26(25)40(38,39)35(3)4)33-24-12-13-27(31-22(24)2)37-18-14-23(15-19-37)36-16-8-5-9-17-36/h6-7,10-13,20,23H,5,8-9,14-19H2,1-4H3,(H2,30,32,33,34). The second kappa shape index (κ2) is 12.1. The van der Waals surface area contributed by atoms with E-state index in [2.05, 4.69) is 36.5 Å². The highest BCUT2D eigenvalue weighted by molar-refractivity contribution is 7.89. The molecule has 0 atom stereocenters. The van der Waals surface area contributed by atoms with Crippen molar-refractivity contribution in [2.75, 3.05) is 55.8 Å². The predicted molar refractivity (Wildman–Crippen MR) is 160 cm³/mol. The van der Waals surface area contributed by atoms with E-state index in [4.69, 9.17) is 4.98 Å². The van der Waals surface area contributed by atoms with Gasteiger partial charge in [-0.1, -0.05) is 18.6 Å². The number of pyridine rings is 1. The molecule has 1 aromatic carbocycles. The highest BCUT2D eigenvalue weighted by Crippen LogP contribution is 2.29. The normalized spacial score (nSPS) is 17.3. The van der Waals surface area contributed by atoms with Gasteiger partial charge in [0.1, 0.15) is 16.5 Å². The van der Waals surface area contributed by atoms with Gasteiger partial charge in [-0.2, -0.15) is 4.98 Å². The Morgan fingerprint density at radius 2 is 1.60 bits per heavy atom. The Morgan fingerprint density at radius 3 is 2.30 bits per heavy atom. The number of likely N-dealkylation sites (tertiary alicyclic amines) is 1. The van der Waals surface area contributed by atoms with Gasteiger partial charge in [0.25, 0.3) is 0 Å². The van der Waals surface area contributed by atoms with Gasteiger partial charge in [0.2, 0.25) is 16.0 Å². The fourth-order valence-electron chi connectivity index (χ4n) is 5.47. The van der Waals surface area contributed by atoms with Gasteiger partial charge in [-0.3, -0.25) is 0 Å². The monoisotopic (exact) mass is 564 g/mol. The second-order valence-corrected chi connectivity index (χ2v) is 13.0. The van der Waals surface area contributed by atoms with Crippen LogP contribution in [0, 0.1) is 13.8 Å². The van der Waals surface area contributed by atoms with E-state index in [-0.39, 0.29) is 4.90 Å². The number of para-hydroxylation sites is 1. The summed E-state index contributed by atoms with van der Waals surface area (Å²) in [5.41, 5.74) is 2.95. The SMILES string of the molecule is Cc1cnc(Nc2ccc(N3CCC(N4CCCCC4)CC3)nc2C)nc1Nc1ccccc1S(=O)(=O)N(C)C. The summed E-state index contributed by atoms with van der Waals surface area (Å²) >= 11 is 0. The van der Waals surface area contributed by atoms with E-state index in [0.29, 0.717) is 23.5 Å². The second-order valence-electron chi connectivity index (χ2n) is 10.9. The van der Waals surface area contributed by atoms with Crippen LogP contribution in [0.4, 0.5) is 29.0 Å². The number of nitrogens with zero attached hydrogens (tertiary/aromatic N) is 6. The number of aryl methyl sites for hydroxylation is 2. The molecule has 0 spiro atoms. The van der Waals surface area contributed by atoms with Crippen molar-refractivity contribution in [1.82, 2.24) is 24.2 Å². The summed E-state index contributed by atoms with van der Waals surface area (Å²) in [6.45, 7) is 8.43. The molecule has 0 radical (unpaired) electrons. The average molecular weight is 565 g/mol. The summed E-state index contributed by atoms with van der Waals surface area (Å²) in [7, 11) is -0.596. The summed E-state index contributed by atoms with van der Waals surface area (Å²) < 4.78 is 26.9. The van der Waals surface area contributed by atoms with Crippen LogP contribution < -0.4 is 15.5 Å². The lowest BCUT2D eigenvalue weighted by Gasteiger charge is -2.40. The van der Waals surface area contributed by atoms with Crippen molar-refractivity contribution in [3.63, 3.8) is 0 Å². The maximum Gasteiger partial charge on any atom is 0.244 e. The van der Waals surface area contributed by atoms with Crippen LogP contribution in [0.15, 0.2) is 47.5 Å². The van der Waals surface area contributed by atoms with E-state index in [1.165, 1.54) is 63.6 Å². The fourth-order valence-corrected chi connectivity index (χ4v) is 6.51. The number of anilines is 5. The molecule has 0 aliphatic carbocycles. The van der Waals surface area contributed by atoms with E-state index >= 15 is 0 Å². The molecule has 11 heteroatoms. The van der Waals surface area contributed by atoms with E-state index in [1.807, 2.05) is 19.9 Å². The van der Waals surface area contributed by atoms with Crippen LogP contribution in [0.25, 0.3) is 0 Å². The van der Waals surface area contributed by atoms with Gasteiger partial charge >= 0.3 is 0 Å². The first-order valence-corrected chi connectivity index (χ1v) is 15.5. The molecule has 0 amide bonds. The van der Waals surface area contributed by atoms with Crippen LogP contribution in [-0.4, -0.2) is 78.9 Å². The van der Waals surface area contributed by atoms with Crippen LogP contribution in [0.5, 0.6) is 0 Å². The van der Waals surface area contributed by atoms with E-state index < -0.39 is 10.0 Å². The number of piperidine rings is 2. The fraction of sp³-hybridized carbons (Fsp3) is 0.483. The molecular formula is C29H40N8O2S. The van der Waals surface area contributed by atoms with Crippen molar-refractivity contribution in [2.45, 2.75) is 56.9 Å². The van der Waals surface area contributed by atoms with Crippen LogP contribution in [-0.2, 0) is 10.0 Å². The Hall–Kier alpha value is -3.28. The van der Waals surface area contributed by atoms with E-state index in [0.717, 1.165) is 35.9 Å². The van der Waals surface area contributed by atoms with E-state index in [1.54, 1.807) is 30.5 Å². The lowest BCUT2D eigenvalue weighted by atomic mass is 10.00. The highest BCUT2D eigenvalue weighted by atomic mass is 32.2. The minimum absolute atomic E-state index is 0.183. The highest BCUT2D eigenvalue weighted by Gasteiger charge is 2.26. The molecule has 5 rings (SSSR count). The van der Waals surface area contributed by atoms with Crippen molar-refractivity contribution in [1.29, 1.82) is 0 Å². The Labute approximate surface area is 237 Å². The lowest BCUT2D eigenvalue weighted by molar-refractivity contribution is 0.141. The molecule has 2 saturated heterocycles. The van der Waals surface area contributed by atoms with Gasteiger partial charge in [-0.25, -0.2) is 22.7 Å². The zero-order chi connectivity index (χ0) is 28.3. The molecule has 214 valence electrons. The molecular weight excluding hydrogens is 524 g/mol. The third-order valence-corrected chi connectivity index (χ3v) is 9.76. The molecule has 2 aromatic heterocycles. The maximum atomic E-state index is 12.8. The first kappa shape index (κ1) is 28.3. The number of sulfonamides is 1. The third-order valence-electron chi connectivity index (χ3n) is 7.88. The molecule has 10 nitrogen and oxygen atoms in total. The van der Waals surface area contributed by atoms with Crippen LogP contribution in [0.3, 0.4) is 0 Å². The molecule has 2 fully saturated rings. The van der Waals surface area contributed by atoms with E-state index in [9.17, 15) is 8.42 Å². The average Bonchev–Trinajstić information content (AvgIpc) is 2.96. The molecule has 0 bridgehead atoms. The molecule has 2 aliphatic heterocycles.